The summed E-state index contributed by atoms with van der Waals surface area (Å²) in [5.74, 6) is 0.469. The number of rotatable bonds is 2. The molecule has 5 nitrogen and oxygen atoms in total. The van der Waals surface area contributed by atoms with Crippen LogP contribution in [-0.2, 0) is 9.53 Å². The van der Waals surface area contributed by atoms with Crippen LogP contribution in [0.25, 0.3) is 0 Å². The van der Waals surface area contributed by atoms with Crippen molar-refractivity contribution in [1.82, 2.24) is 10.2 Å². The van der Waals surface area contributed by atoms with Crippen molar-refractivity contribution >= 4 is 12.0 Å². The number of fused-ring (bicyclic) bond motifs is 2. The van der Waals surface area contributed by atoms with Crippen molar-refractivity contribution in [1.29, 1.82) is 0 Å². The Morgan fingerprint density at radius 1 is 1.05 bits per heavy atom. The van der Waals surface area contributed by atoms with Crippen LogP contribution >= 0.6 is 0 Å². The van der Waals surface area contributed by atoms with Gasteiger partial charge in [0.25, 0.3) is 0 Å². The molecular weight excluding hydrogens is 268 g/mol. The zero-order valence-corrected chi connectivity index (χ0v) is 13.2. The summed E-state index contributed by atoms with van der Waals surface area (Å²) in [6.07, 6.45) is 5.68. The second-order valence-corrected chi connectivity index (χ2v) is 7.72. The third-order valence-electron chi connectivity index (χ3n) is 4.63. The minimum atomic E-state index is -0.451. The molecule has 2 aliphatic heterocycles. The number of ether oxygens (including phenoxy) is 1. The molecule has 0 aromatic carbocycles. The maximum atomic E-state index is 12.3. The topological polar surface area (TPSA) is 58.6 Å². The largest absolute Gasteiger partial charge is 0.444 e. The molecule has 5 heteroatoms. The average Bonchev–Trinajstić information content (AvgIpc) is 3.14. The van der Waals surface area contributed by atoms with Crippen LogP contribution in [0, 0.1) is 5.92 Å². The SMILES string of the molecule is CC(C)(C)OC(=O)N1C2CCC1CC(NC(=O)C1CC1)C2. The Morgan fingerprint density at radius 3 is 2.10 bits per heavy atom. The first-order chi connectivity index (χ1) is 9.83. The summed E-state index contributed by atoms with van der Waals surface area (Å²) >= 11 is 0. The Morgan fingerprint density at radius 2 is 1.62 bits per heavy atom. The van der Waals surface area contributed by atoms with Crippen molar-refractivity contribution in [2.75, 3.05) is 0 Å². The first-order valence-corrected chi connectivity index (χ1v) is 8.15. The maximum absolute atomic E-state index is 12.3. The lowest BCUT2D eigenvalue weighted by Gasteiger charge is -2.39. The van der Waals surface area contributed by atoms with Gasteiger partial charge in [-0.1, -0.05) is 0 Å². The molecule has 3 fully saturated rings. The molecule has 2 atom stereocenters. The molecule has 0 aromatic rings. The van der Waals surface area contributed by atoms with Gasteiger partial charge in [-0.2, -0.15) is 0 Å². The van der Waals surface area contributed by atoms with Gasteiger partial charge in [0.05, 0.1) is 0 Å². The molecule has 0 spiro atoms. The van der Waals surface area contributed by atoms with Crippen LogP contribution in [-0.4, -0.2) is 40.6 Å². The third-order valence-corrected chi connectivity index (χ3v) is 4.63. The van der Waals surface area contributed by atoms with Crippen LogP contribution in [0.15, 0.2) is 0 Å². The zero-order chi connectivity index (χ0) is 15.2. The van der Waals surface area contributed by atoms with E-state index < -0.39 is 5.60 Å². The van der Waals surface area contributed by atoms with E-state index >= 15 is 0 Å². The van der Waals surface area contributed by atoms with E-state index in [-0.39, 0.29) is 36.0 Å². The molecule has 21 heavy (non-hydrogen) atoms. The first kappa shape index (κ1) is 14.7. The Labute approximate surface area is 126 Å². The van der Waals surface area contributed by atoms with Crippen LogP contribution in [0.4, 0.5) is 4.79 Å². The molecule has 118 valence electrons. The molecule has 2 heterocycles. The fourth-order valence-electron chi connectivity index (χ4n) is 3.57. The van der Waals surface area contributed by atoms with Gasteiger partial charge in [-0.25, -0.2) is 4.79 Å². The quantitative estimate of drug-likeness (QED) is 0.851. The summed E-state index contributed by atoms with van der Waals surface area (Å²) in [5, 5.41) is 3.17. The van der Waals surface area contributed by atoms with Gasteiger partial charge in [0, 0.05) is 24.0 Å². The summed E-state index contributed by atoms with van der Waals surface area (Å²) in [7, 11) is 0. The van der Waals surface area contributed by atoms with Gasteiger partial charge in [-0.3, -0.25) is 4.79 Å². The number of nitrogens with zero attached hydrogens (tertiary/aromatic N) is 1. The van der Waals surface area contributed by atoms with Gasteiger partial charge in [0.2, 0.25) is 5.91 Å². The summed E-state index contributed by atoms with van der Waals surface area (Å²) in [4.78, 5) is 26.2. The van der Waals surface area contributed by atoms with Gasteiger partial charge in [-0.15, -0.1) is 0 Å². The minimum absolute atomic E-state index is 0.193. The number of carbonyl (C=O) groups excluding carboxylic acids is 2. The van der Waals surface area contributed by atoms with E-state index in [1.165, 1.54) is 0 Å². The number of carbonyl (C=O) groups is 2. The lowest BCUT2D eigenvalue weighted by atomic mass is 9.97. The highest BCUT2D eigenvalue weighted by Crippen LogP contribution is 2.37. The molecule has 3 aliphatic rings. The molecule has 0 radical (unpaired) electrons. The van der Waals surface area contributed by atoms with Crippen molar-refractivity contribution in [3.8, 4) is 0 Å². The first-order valence-electron chi connectivity index (χ1n) is 8.15. The van der Waals surface area contributed by atoms with E-state index in [1.807, 2.05) is 25.7 Å². The van der Waals surface area contributed by atoms with Gasteiger partial charge >= 0.3 is 6.09 Å². The van der Waals surface area contributed by atoms with Gasteiger partial charge in [0.1, 0.15) is 5.60 Å². The molecule has 1 aliphatic carbocycles. The number of hydrogen-bond donors (Lipinski definition) is 1. The highest BCUT2D eigenvalue weighted by molar-refractivity contribution is 5.81. The Balaban J connectivity index is 1.58. The predicted molar refractivity (Wildman–Crippen MR) is 78.8 cm³/mol. The van der Waals surface area contributed by atoms with Crippen LogP contribution in [0.1, 0.15) is 59.3 Å². The Kier molecular flexibility index (Phi) is 3.62. The van der Waals surface area contributed by atoms with E-state index in [4.69, 9.17) is 4.74 Å². The highest BCUT2D eigenvalue weighted by atomic mass is 16.6. The molecule has 0 aromatic heterocycles. The Bertz CT molecular complexity index is 425. The van der Waals surface area contributed by atoms with Crippen molar-refractivity contribution in [3.63, 3.8) is 0 Å². The zero-order valence-electron chi connectivity index (χ0n) is 13.2. The molecule has 2 bridgehead atoms. The minimum Gasteiger partial charge on any atom is -0.444 e. The predicted octanol–water partition coefficient (Wildman–Crippen LogP) is 2.44. The molecule has 2 saturated heterocycles. The number of amides is 2. The van der Waals surface area contributed by atoms with Crippen molar-refractivity contribution in [2.24, 2.45) is 5.92 Å². The van der Waals surface area contributed by atoms with E-state index in [2.05, 4.69) is 5.32 Å². The monoisotopic (exact) mass is 294 g/mol. The fourth-order valence-corrected chi connectivity index (χ4v) is 3.57. The average molecular weight is 294 g/mol. The van der Waals surface area contributed by atoms with Crippen LogP contribution in [0.2, 0.25) is 0 Å². The van der Waals surface area contributed by atoms with E-state index in [9.17, 15) is 9.59 Å². The summed E-state index contributed by atoms with van der Waals surface area (Å²) in [6, 6.07) is 0.681. The highest BCUT2D eigenvalue weighted by Gasteiger charge is 2.45. The van der Waals surface area contributed by atoms with E-state index in [0.29, 0.717) is 0 Å². The third kappa shape index (κ3) is 3.33. The Hall–Kier alpha value is -1.26. The molecule has 2 amide bonds. The van der Waals surface area contributed by atoms with Crippen molar-refractivity contribution in [3.05, 3.63) is 0 Å². The number of nitrogens with one attached hydrogen (secondary N) is 1. The van der Waals surface area contributed by atoms with Crippen LogP contribution in [0.5, 0.6) is 0 Å². The summed E-state index contributed by atoms with van der Waals surface area (Å²) in [5.41, 5.74) is -0.451. The number of hydrogen-bond acceptors (Lipinski definition) is 3. The van der Waals surface area contributed by atoms with Crippen LogP contribution < -0.4 is 5.32 Å². The lowest BCUT2D eigenvalue weighted by Crippen LogP contribution is -2.53. The van der Waals surface area contributed by atoms with Gasteiger partial charge < -0.3 is 15.0 Å². The van der Waals surface area contributed by atoms with E-state index in [1.54, 1.807) is 0 Å². The standard InChI is InChI=1S/C16H26N2O3/c1-16(2,3)21-15(20)18-12-6-7-13(18)9-11(8-12)17-14(19)10-4-5-10/h10-13H,4-9H2,1-3H3,(H,17,19). The maximum Gasteiger partial charge on any atom is 0.410 e. The molecular formula is C16H26N2O3. The smallest absolute Gasteiger partial charge is 0.410 e. The summed E-state index contributed by atoms with van der Waals surface area (Å²) in [6.45, 7) is 5.69. The van der Waals surface area contributed by atoms with Gasteiger partial charge in [-0.05, 0) is 59.3 Å². The fraction of sp³-hybridized carbons (Fsp3) is 0.875. The molecule has 3 rings (SSSR count). The second-order valence-electron chi connectivity index (χ2n) is 7.72. The molecule has 1 saturated carbocycles. The van der Waals surface area contributed by atoms with Gasteiger partial charge in [0.15, 0.2) is 0 Å². The normalized spacial score (nSPS) is 32.0. The van der Waals surface area contributed by atoms with Crippen LogP contribution in [0.3, 0.4) is 0 Å². The van der Waals surface area contributed by atoms with E-state index in [0.717, 1.165) is 38.5 Å². The molecule has 1 N–H and O–H groups in total. The van der Waals surface area contributed by atoms with Crippen molar-refractivity contribution < 1.29 is 14.3 Å². The molecule has 2 unspecified atom stereocenters. The second kappa shape index (κ2) is 5.18. The lowest BCUT2D eigenvalue weighted by molar-refractivity contribution is -0.123. The summed E-state index contributed by atoms with van der Waals surface area (Å²) < 4.78 is 5.52. The number of piperidine rings is 1. The van der Waals surface area contributed by atoms with Crippen molar-refractivity contribution in [2.45, 2.75) is 83.0 Å².